The molecule has 140 valence electrons. The van der Waals surface area contributed by atoms with E-state index in [4.69, 9.17) is 4.74 Å². The number of methoxy groups -OCH3 is 1. The minimum absolute atomic E-state index is 0.0383. The lowest BCUT2D eigenvalue weighted by molar-refractivity contribution is 0.0680. The quantitative estimate of drug-likeness (QED) is 0.799. The lowest BCUT2D eigenvalue weighted by atomic mass is 9.97. The van der Waals surface area contributed by atoms with Crippen LogP contribution in [0.15, 0.2) is 29.6 Å². The number of hydrogen-bond acceptors (Lipinski definition) is 5. The molecule has 0 spiro atoms. The van der Waals surface area contributed by atoms with E-state index in [1.54, 1.807) is 18.4 Å². The molecule has 1 aliphatic heterocycles. The van der Waals surface area contributed by atoms with Crippen LogP contribution in [0.2, 0.25) is 0 Å². The number of aromatic nitrogens is 1. The van der Waals surface area contributed by atoms with Crippen molar-refractivity contribution >= 4 is 22.9 Å². The fourth-order valence-corrected chi connectivity index (χ4v) is 4.40. The van der Waals surface area contributed by atoms with Gasteiger partial charge in [-0.2, -0.15) is 0 Å². The zero-order valence-corrected chi connectivity index (χ0v) is 16.8. The van der Waals surface area contributed by atoms with Crippen LogP contribution in [0.4, 0.5) is 5.69 Å². The molecule has 3 rings (SSSR count). The number of piperazine rings is 1. The standard InChI is InChI=1S/C20H27N3O2S/c1-5-8-18-21-15(13-26-18)19(24)22-11-12-23(20(2,3)14-22)16-9-6-7-10-17(16)25-4/h6-7,9-10,13H,5,8,11-12,14H2,1-4H3. The molecule has 1 fully saturated rings. The van der Waals surface area contributed by atoms with E-state index in [-0.39, 0.29) is 11.4 Å². The van der Waals surface area contributed by atoms with Gasteiger partial charge in [0, 0.05) is 25.0 Å². The van der Waals surface area contributed by atoms with Gasteiger partial charge in [-0.05, 0) is 38.8 Å². The van der Waals surface area contributed by atoms with Crippen LogP contribution in [0.1, 0.15) is 42.7 Å². The largest absolute Gasteiger partial charge is 0.495 e. The van der Waals surface area contributed by atoms with Gasteiger partial charge < -0.3 is 14.5 Å². The second-order valence-corrected chi connectivity index (χ2v) is 8.18. The first-order valence-electron chi connectivity index (χ1n) is 9.10. The van der Waals surface area contributed by atoms with Crippen molar-refractivity contribution in [1.29, 1.82) is 0 Å². The number of amides is 1. The number of anilines is 1. The third-order valence-electron chi connectivity index (χ3n) is 4.80. The van der Waals surface area contributed by atoms with Gasteiger partial charge in [0.25, 0.3) is 5.91 Å². The molecule has 2 heterocycles. The molecule has 0 atom stereocenters. The number of para-hydroxylation sites is 2. The van der Waals surface area contributed by atoms with Crippen molar-refractivity contribution in [3.63, 3.8) is 0 Å². The first-order chi connectivity index (χ1) is 12.5. The van der Waals surface area contributed by atoms with Crippen LogP contribution in [-0.4, -0.2) is 48.1 Å². The third kappa shape index (κ3) is 3.70. The minimum Gasteiger partial charge on any atom is -0.495 e. The number of thiazole rings is 1. The van der Waals surface area contributed by atoms with Gasteiger partial charge in [0.15, 0.2) is 0 Å². The summed E-state index contributed by atoms with van der Waals surface area (Å²) in [5.41, 5.74) is 1.47. The van der Waals surface area contributed by atoms with E-state index in [1.807, 2.05) is 28.5 Å². The minimum atomic E-state index is -0.190. The van der Waals surface area contributed by atoms with E-state index in [0.29, 0.717) is 18.8 Å². The Morgan fingerprint density at radius 1 is 1.31 bits per heavy atom. The Balaban J connectivity index is 1.76. The van der Waals surface area contributed by atoms with Crippen LogP contribution >= 0.6 is 11.3 Å². The fourth-order valence-electron chi connectivity index (χ4n) is 3.53. The highest BCUT2D eigenvalue weighted by Gasteiger charge is 2.37. The van der Waals surface area contributed by atoms with E-state index in [1.165, 1.54) is 0 Å². The molecule has 0 N–H and O–H groups in total. The average molecular weight is 374 g/mol. The zero-order chi connectivity index (χ0) is 18.7. The highest BCUT2D eigenvalue weighted by atomic mass is 32.1. The van der Waals surface area contributed by atoms with E-state index in [0.717, 1.165) is 35.8 Å². The lowest BCUT2D eigenvalue weighted by Crippen LogP contribution is -2.60. The Kier molecular flexibility index (Phi) is 5.51. The summed E-state index contributed by atoms with van der Waals surface area (Å²) in [5.74, 6) is 0.903. The summed E-state index contributed by atoms with van der Waals surface area (Å²) < 4.78 is 5.53. The predicted molar refractivity (Wildman–Crippen MR) is 106 cm³/mol. The van der Waals surface area contributed by atoms with Crippen LogP contribution < -0.4 is 9.64 Å². The molecule has 26 heavy (non-hydrogen) atoms. The summed E-state index contributed by atoms with van der Waals surface area (Å²) in [6.07, 6.45) is 1.98. The molecule has 2 aromatic rings. The van der Waals surface area contributed by atoms with E-state index < -0.39 is 0 Å². The van der Waals surface area contributed by atoms with Crippen molar-refractivity contribution in [3.05, 3.63) is 40.3 Å². The molecule has 6 heteroatoms. The number of hydrogen-bond donors (Lipinski definition) is 0. The average Bonchev–Trinajstić information content (AvgIpc) is 3.09. The highest BCUT2D eigenvalue weighted by Crippen LogP contribution is 2.35. The Hall–Kier alpha value is -2.08. The van der Waals surface area contributed by atoms with E-state index in [2.05, 4.69) is 36.7 Å². The Morgan fingerprint density at radius 2 is 2.08 bits per heavy atom. The molecule has 1 amide bonds. The number of nitrogens with zero attached hydrogens (tertiary/aromatic N) is 3. The van der Waals surface area contributed by atoms with Crippen molar-refractivity contribution in [1.82, 2.24) is 9.88 Å². The molecule has 1 aromatic heterocycles. The highest BCUT2D eigenvalue weighted by molar-refractivity contribution is 7.09. The molecule has 0 bridgehead atoms. The normalized spacial score (nSPS) is 16.6. The Labute approximate surface area is 159 Å². The maximum atomic E-state index is 12.9. The van der Waals surface area contributed by atoms with Crippen molar-refractivity contribution in [2.75, 3.05) is 31.6 Å². The number of ether oxygens (including phenoxy) is 1. The van der Waals surface area contributed by atoms with Crippen molar-refractivity contribution < 1.29 is 9.53 Å². The van der Waals surface area contributed by atoms with Gasteiger partial charge in [0.05, 0.1) is 23.3 Å². The van der Waals surface area contributed by atoms with E-state index in [9.17, 15) is 4.79 Å². The summed E-state index contributed by atoms with van der Waals surface area (Å²) in [6, 6.07) is 8.06. The molecular weight excluding hydrogens is 346 g/mol. The van der Waals surface area contributed by atoms with Gasteiger partial charge in [0.2, 0.25) is 0 Å². The lowest BCUT2D eigenvalue weighted by Gasteiger charge is -2.48. The first kappa shape index (κ1) is 18.7. The van der Waals surface area contributed by atoms with Crippen molar-refractivity contribution in [3.8, 4) is 5.75 Å². The van der Waals surface area contributed by atoms with Gasteiger partial charge in [0.1, 0.15) is 11.4 Å². The van der Waals surface area contributed by atoms with Crippen molar-refractivity contribution in [2.24, 2.45) is 0 Å². The third-order valence-corrected chi connectivity index (χ3v) is 5.71. The van der Waals surface area contributed by atoms with Crippen molar-refractivity contribution in [2.45, 2.75) is 39.2 Å². The number of benzene rings is 1. The monoisotopic (exact) mass is 373 g/mol. The van der Waals surface area contributed by atoms with Gasteiger partial charge in [-0.3, -0.25) is 4.79 Å². The van der Waals surface area contributed by atoms with Crippen LogP contribution in [0.3, 0.4) is 0 Å². The maximum Gasteiger partial charge on any atom is 0.273 e. The summed E-state index contributed by atoms with van der Waals surface area (Å²) in [4.78, 5) is 21.7. The number of carbonyl (C=O) groups excluding carboxylic acids is 1. The second-order valence-electron chi connectivity index (χ2n) is 7.24. The summed E-state index contributed by atoms with van der Waals surface area (Å²) in [6.45, 7) is 8.57. The summed E-state index contributed by atoms with van der Waals surface area (Å²) >= 11 is 1.58. The Bertz CT molecular complexity index is 772. The maximum absolute atomic E-state index is 12.9. The molecule has 0 aliphatic carbocycles. The SMILES string of the molecule is CCCc1nc(C(=O)N2CCN(c3ccccc3OC)C(C)(C)C2)cs1. The number of rotatable bonds is 5. The molecule has 0 saturated carbocycles. The number of aryl methyl sites for hydroxylation is 1. The van der Waals surface area contributed by atoms with Crippen LogP contribution in [0, 0.1) is 0 Å². The molecule has 5 nitrogen and oxygen atoms in total. The fraction of sp³-hybridized carbons (Fsp3) is 0.500. The molecule has 1 saturated heterocycles. The van der Waals surface area contributed by atoms with Crippen LogP contribution in [0.25, 0.3) is 0 Å². The van der Waals surface area contributed by atoms with Crippen LogP contribution in [0.5, 0.6) is 5.75 Å². The Morgan fingerprint density at radius 3 is 2.77 bits per heavy atom. The van der Waals surface area contributed by atoms with Gasteiger partial charge in [-0.25, -0.2) is 4.98 Å². The van der Waals surface area contributed by atoms with Gasteiger partial charge in [-0.15, -0.1) is 11.3 Å². The number of carbonyl (C=O) groups is 1. The molecule has 1 aliphatic rings. The molecule has 1 aromatic carbocycles. The topological polar surface area (TPSA) is 45.7 Å². The first-order valence-corrected chi connectivity index (χ1v) is 9.98. The second kappa shape index (κ2) is 7.66. The summed E-state index contributed by atoms with van der Waals surface area (Å²) in [5, 5.41) is 2.94. The molecule has 0 unspecified atom stereocenters. The smallest absolute Gasteiger partial charge is 0.273 e. The zero-order valence-electron chi connectivity index (χ0n) is 16.0. The molecule has 0 radical (unpaired) electrons. The summed E-state index contributed by atoms with van der Waals surface area (Å²) in [7, 11) is 1.70. The van der Waals surface area contributed by atoms with Crippen LogP contribution in [-0.2, 0) is 6.42 Å². The van der Waals surface area contributed by atoms with E-state index >= 15 is 0 Å². The van der Waals surface area contributed by atoms with Gasteiger partial charge in [-0.1, -0.05) is 19.1 Å². The van der Waals surface area contributed by atoms with Gasteiger partial charge >= 0.3 is 0 Å². The molecular formula is C20H27N3O2S. The predicted octanol–water partition coefficient (Wildman–Crippen LogP) is 3.85.